The summed E-state index contributed by atoms with van der Waals surface area (Å²) in [5.41, 5.74) is 0.586. The van der Waals surface area contributed by atoms with E-state index < -0.39 is 10.0 Å². The quantitative estimate of drug-likeness (QED) is 0.817. The molecule has 0 spiro atoms. The summed E-state index contributed by atoms with van der Waals surface area (Å²) in [6, 6.07) is 6.89. The maximum atomic E-state index is 13.0. The third kappa shape index (κ3) is 4.17. The first-order valence-corrected chi connectivity index (χ1v) is 10.7. The largest absolute Gasteiger partial charge is 0.370 e. The maximum absolute atomic E-state index is 13.0. The van der Waals surface area contributed by atoms with E-state index in [1.165, 1.54) is 4.31 Å². The number of hydrogen-bond acceptors (Lipinski definition) is 6. The number of rotatable bonds is 5. The van der Waals surface area contributed by atoms with Gasteiger partial charge in [0.05, 0.1) is 4.90 Å². The Balaban J connectivity index is 1.76. The van der Waals surface area contributed by atoms with Gasteiger partial charge in [0.2, 0.25) is 10.0 Å². The van der Waals surface area contributed by atoms with Crippen LogP contribution < -0.4 is 10.2 Å². The number of piperazine rings is 1. The minimum absolute atomic E-state index is 0.274. The van der Waals surface area contributed by atoms with Crippen LogP contribution >= 0.6 is 11.6 Å². The van der Waals surface area contributed by atoms with Gasteiger partial charge in [-0.1, -0.05) is 17.7 Å². The number of aryl methyl sites for hydroxylation is 1. The van der Waals surface area contributed by atoms with Gasteiger partial charge >= 0.3 is 0 Å². The molecule has 0 bridgehead atoms. The fourth-order valence-electron chi connectivity index (χ4n) is 3.15. The van der Waals surface area contributed by atoms with Gasteiger partial charge < -0.3 is 10.2 Å². The number of benzene rings is 1. The molecule has 0 atom stereocenters. The van der Waals surface area contributed by atoms with Crippen molar-refractivity contribution in [2.24, 2.45) is 0 Å². The summed E-state index contributed by atoms with van der Waals surface area (Å²) in [6.45, 7) is 8.31. The predicted molar refractivity (Wildman–Crippen MR) is 108 cm³/mol. The molecular formula is C18H24ClN5O2S. The summed E-state index contributed by atoms with van der Waals surface area (Å²) in [7, 11) is -3.57. The molecule has 1 aliphatic rings. The summed E-state index contributed by atoms with van der Waals surface area (Å²) >= 11 is 6.11. The molecule has 0 aliphatic carbocycles. The Hall–Kier alpha value is -1.90. The minimum Gasteiger partial charge on any atom is -0.370 e. The van der Waals surface area contributed by atoms with Crippen molar-refractivity contribution in [3.8, 4) is 0 Å². The predicted octanol–water partition coefficient (Wildman–Crippen LogP) is 2.69. The smallest absolute Gasteiger partial charge is 0.243 e. The van der Waals surface area contributed by atoms with Crippen LogP contribution in [0.1, 0.15) is 18.3 Å². The van der Waals surface area contributed by atoms with E-state index in [4.69, 9.17) is 11.6 Å². The van der Waals surface area contributed by atoms with Gasteiger partial charge in [0.15, 0.2) is 0 Å². The molecule has 1 aromatic heterocycles. The molecule has 27 heavy (non-hydrogen) atoms. The van der Waals surface area contributed by atoms with Crippen molar-refractivity contribution < 1.29 is 8.42 Å². The van der Waals surface area contributed by atoms with Crippen LogP contribution in [0, 0.1) is 13.8 Å². The Bertz CT molecular complexity index is 927. The normalized spacial score (nSPS) is 15.8. The lowest BCUT2D eigenvalue weighted by atomic mass is 10.2. The number of aromatic nitrogens is 2. The van der Waals surface area contributed by atoms with Crippen LogP contribution in [-0.2, 0) is 10.0 Å². The van der Waals surface area contributed by atoms with Gasteiger partial charge in [0, 0.05) is 43.8 Å². The number of halogens is 1. The monoisotopic (exact) mass is 409 g/mol. The van der Waals surface area contributed by atoms with Gasteiger partial charge in [-0.15, -0.1) is 0 Å². The van der Waals surface area contributed by atoms with E-state index in [1.807, 2.05) is 19.9 Å². The minimum atomic E-state index is -3.57. The third-order valence-electron chi connectivity index (χ3n) is 4.58. The lowest BCUT2D eigenvalue weighted by molar-refractivity contribution is 0.383. The first kappa shape index (κ1) is 19.9. The highest BCUT2D eigenvalue weighted by molar-refractivity contribution is 7.89. The molecular weight excluding hydrogens is 386 g/mol. The Morgan fingerprint density at radius 1 is 1.15 bits per heavy atom. The molecule has 146 valence electrons. The van der Waals surface area contributed by atoms with Crippen molar-refractivity contribution in [3.05, 3.63) is 40.7 Å². The van der Waals surface area contributed by atoms with Crippen molar-refractivity contribution in [2.75, 3.05) is 42.9 Å². The number of nitrogens with one attached hydrogen (secondary N) is 1. The van der Waals surface area contributed by atoms with E-state index in [9.17, 15) is 8.42 Å². The van der Waals surface area contributed by atoms with Crippen LogP contribution in [-0.4, -0.2) is 55.4 Å². The molecule has 1 aromatic carbocycles. The van der Waals surface area contributed by atoms with Crippen LogP contribution in [0.15, 0.2) is 29.2 Å². The van der Waals surface area contributed by atoms with Crippen LogP contribution in [0.5, 0.6) is 0 Å². The van der Waals surface area contributed by atoms with Gasteiger partial charge in [-0.25, -0.2) is 18.4 Å². The highest BCUT2D eigenvalue weighted by Crippen LogP contribution is 2.27. The highest BCUT2D eigenvalue weighted by Gasteiger charge is 2.30. The standard InChI is InChI=1S/C18H24ClN5O2S/c1-4-20-17-12-18(22-14(3)21-17)23-8-10-24(11-9-23)27(25,26)16-7-5-6-15(19)13(16)2/h5-7,12H,4,8-11H2,1-3H3,(H,20,21,22). The van der Waals surface area contributed by atoms with Gasteiger partial charge in [0.1, 0.15) is 17.5 Å². The molecule has 1 N–H and O–H groups in total. The molecule has 1 aliphatic heterocycles. The lowest BCUT2D eigenvalue weighted by Crippen LogP contribution is -2.49. The summed E-state index contributed by atoms with van der Waals surface area (Å²) in [5, 5.41) is 3.66. The maximum Gasteiger partial charge on any atom is 0.243 e. The van der Waals surface area contributed by atoms with E-state index >= 15 is 0 Å². The molecule has 1 saturated heterocycles. The average Bonchev–Trinajstić information content (AvgIpc) is 2.64. The van der Waals surface area contributed by atoms with E-state index in [-0.39, 0.29) is 4.90 Å². The molecule has 9 heteroatoms. The summed E-state index contributed by atoms with van der Waals surface area (Å²) in [5.74, 6) is 2.28. The fourth-order valence-corrected chi connectivity index (χ4v) is 5.05. The van der Waals surface area contributed by atoms with Crippen molar-refractivity contribution in [3.63, 3.8) is 0 Å². The van der Waals surface area contributed by atoms with E-state index in [2.05, 4.69) is 20.2 Å². The van der Waals surface area contributed by atoms with Crippen molar-refractivity contribution in [1.82, 2.24) is 14.3 Å². The fraction of sp³-hybridized carbons (Fsp3) is 0.444. The van der Waals surface area contributed by atoms with Crippen molar-refractivity contribution >= 4 is 33.3 Å². The first-order chi connectivity index (χ1) is 12.8. The Kier molecular flexibility index (Phi) is 5.88. The second kappa shape index (κ2) is 8.00. The Labute approximate surface area is 165 Å². The second-order valence-corrected chi connectivity index (χ2v) is 8.76. The average molecular weight is 410 g/mol. The SMILES string of the molecule is CCNc1cc(N2CCN(S(=O)(=O)c3cccc(Cl)c3C)CC2)nc(C)n1. The summed E-state index contributed by atoms with van der Waals surface area (Å²) in [4.78, 5) is 11.2. The lowest BCUT2D eigenvalue weighted by Gasteiger charge is -2.35. The molecule has 3 rings (SSSR count). The van der Waals surface area contributed by atoms with Gasteiger partial charge in [-0.05, 0) is 38.5 Å². The molecule has 2 heterocycles. The molecule has 7 nitrogen and oxygen atoms in total. The Morgan fingerprint density at radius 3 is 2.52 bits per heavy atom. The zero-order valence-electron chi connectivity index (χ0n) is 15.7. The second-order valence-electron chi connectivity index (χ2n) is 6.44. The van der Waals surface area contributed by atoms with Crippen LogP contribution in [0.25, 0.3) is 0 Å². The van der Waals surface area contributed by atoms with Crippen molar-refractivity contribution in [2.45, 2.75) is 25.7 Å². The topological polar surface area (TPSA) is 78.4 Å². The van der Waals surface area contributed by atoms with Gasteiger partial charge in [0.25, 0.3) is 0 Å². The zero-order chi connectivity index (χ0) is 19.6. The Morgan fingerprint density at radius 2 is 1.85 bits per heavy atom. The van der Waals surface area contributed by atoms with Crippen LogP contribution in [0.2, 0.25) is 5.02 Å². The number of nitrogens with zero attached hydrogens (tertiary/aromatic N) is 4. The zero-order valence-corrected chi connectivity index (χ0v) is 17.3. The van der Waals surface area contributed by atoms with E-state index in [0.29, 0.717) is 42.6 Å². The van der Waals surface area contributed by atoms with E-state index in [0.717, 1.165) is 18.2 Å². The molecule has 0 saturated carbocycles. The molecule has 1 fully saturated rings. The molecule has 0 radical (unpaired) electrons. The van der Waals surface area contributed by atoms with Crippen LogP contribution in [0.4, 0.5) is 11.6 Å². The number of sulfonamides is 1. The molecule has 0 amide bonds. The highest BCUT2D eigenvalue weighted by atomic mass is 35.5. The number of anilines is 2. The molecule has 0 unspecified atom stereocenters. The van der Waals surface area contributed by atoms with E-state index in [1.54, 1.807) is 25.1 Å². The molecule has 2 aromatic rings. The number of hydrogen-bond donors (Lipinski definition) is 1. The van der Waals surface area contributed by atoms with Gasteiger partial charge in [-0.3, -0.25) is 0 Å². The van der Waals surface area contributed by atoms with Gasteiger partial charge in [-0.2, -0.15) is 4.31 Å². The van der Waals surface area contributed by atoms with Crippen molar-refractivity contribution in [1.29, 1.82) is 0 Å². The third-order valence-corrected chi connectivity index (χ3v) is 7.03. The van der Waals surface area contributed by atoms with Crippen LogP contribution in [0.3, 0.4) is 0 Å². The first-order valence-electron chi connectivity index (χ1n) is 8.92. The summed E-state index contributed by atoms with van der Waals surface area (Å²) < 4.78 is 27.5. The summed E-state index contributed by atoms with van der Waals surface area (Å²) in [6.07, 6.45) is 0.